The van der Waals surface area contributed by atoms with Crippen LogP contribution >= 0.6 is 0 Å². The Labute approximate surface area is 51.3 Å². The molecule has 0 heterocycles. The van der Waals surface area contributed by atoms with E-state index in [0.717, 1.165) is 18.1 Å². The van der Waals surface area contributed by atoms with Crippen LogP contribution in [0.2, 0.25) is 0 Å². The fraction of sp³-hybridized carbons (Fsp3) is 0. The molecule has 0 spiro atoms. The second-order valence-corrected chi connectivity index (χ2v) is 1.50. The van der Waals surface area contributed by atoms with Gasteiger partial charge in [-0.05, 0) is 0 Å². The Morgan fingerprint density at radius 1 is 2.00 bits per heavy atom. The molecule has 4 heteroatoms. The Hall–Kier alpha value is -0.367. The van der Waals surface area contributed by atoms with Gasteiger partial charge in [0.15, 0.2) is 0 Å². The molecule has 0 aromatic heterocycles. The van der Waals surface area contributed by atoms with Gasteiger partial charge in [0.25, 0.3) is 0 Å². The molecule has 0 rings (SSSR count). The van der Waals surface area contributed by atoms with Crippen LogP contribution in [0.4, 0.5) is 0 Å². The topological polar surface area (TPSA) is 41.5 Å². The Kier molecular flexibility index (Phi) is 3.61. The van der Waals surface area contributed by atoms with Crippen LogP contribution in [-0.2, 0) is 22.9 Å². The molecule has 0 fully saturated rings. The molecule has 3 nitrogen and oxygen atoms in total. The Bertz CT molecular complexity index is 101. The molecule has 7 heavy (non-hydrogen) atoms. The van der Waals surface area contributed by atoms with Gasteiger partial charge < -0.3 is 0 Å². The first-order valence-corrected chi connectivity index (χ1v) is 3.02. The average molecular weight is 149 g/mol. The van der Waals surface area contributed by atoms with E-state index in [2.05, 4.69) is 15.8 Å². The van der Waals surface area contributed by atoms with E-state index in [0.29, 0.717) is 0 Å². The summed E-state index contributed by atoms with van der Waals surface area (Å²) in [5.41, 5.74) is 2.22. The maximum absolute atomic E-state index is 10.1. The molecule has 34 valence electrons. The minimum absolute atomic E-state index is 0.244. The van der Waals surface area contributed by atoms with Gasteiger partial charge >= 0.3 is 50.7 Å². The SMILES string of the molecule is C=CC(=O)N[N]=[Zn]. The second-order valence-electron chi connectivity index (χ2n) is 0.838. The van der Waals surface area contributed by atoms with Gasteiger partial charge in [0.05, 0.1) is 0 Å². The zero-order valence-corrected chi connectivity index (χ0v) is 6.81. The molecule has 0 aromatic rings. The molecular formula is C3H4N2OZn. The summed E-state index contributed by atoms with van der Waals surface area (Å²) in [6.07, 6.45) is 1.18. The first kappa shape index (κ1) is 6.63. The quantitative estimate of drug-likeness (QED) is 0.333. The number of hydrogen-bond acceptors (Lipinski definition) is 2. The van der Waals surface area contributed by atoms with Crippen molar-refractivity contribution >= 4 is 5.91 Å². The van der Waals surface area contributed by atoms with E-state index in [4.69, 9.17) is 0 Å². The van der Waals surface area contributed by atoms with Crippen molar-refractivity contribution in [3.8, 4) is 0 Å². The third kappa shape index (κ3) is 3.46. The van der Waals surface area contributed by atoms with Crippen molar-refractivity contribution in [3.63, 3.8) is 0 Å². The Morgan fingerprint density at radius 2 is 2.57 bits per heavy atom. The Balaban J connectivity index is 3.36. The molecular weight excluding hydrogens is 145 g/mol. The van der Waals surface area contributed by atoms with Crippen molar-refractivity contribution in [3.05, 3.63) is 12.7 Å². The van der Waals surface area contributed by atoms with E-state index < -0.39 is 0 Å². The summed E-state index contributed by atoms with van der Waals surface area (Å²) < 4.78 is 3.46. The van der Waals surface area contributed by atoms with Crippen LogP contribution in [0.3, 0.4) is 0 Å². The predicted molar refractivity (Wildman–Crippen MR) is 20.8 cm³/mol. The molecule has 0 aliphatic heterocycles. The van der Waals surface area contributed by atoms with E-state index in [1.807, 2.05) is 0 Å². The zero-order valence-electron chi connectivity index (χ0n) is 3.85. The van der Waals surface area contributed by atoms with Crippen LogP contribution in [0.15, 0.2) is 16.4 Å². The van der Waals surface area contributed by atoms with Gasteiger partial charge in [-0.1, -0.05) is 0 Å². The molecule has 0 saturated carbocycles. The van der Waals surface area contributed by atoms with Crippen molar-refractivity contribution in [1.29, 1.82) is 0 Å². The van der Waals surface area contributed by atoms with Gasteiger partial charge in [-0.25, -0.2) is 0 Å². The molecule has 0 atom stereocenters. The zero-order chi connectivity index (χ0) is 5.70. The minimum atomic E-state index is -0.244. The number of carbonyl (C=O) groups is 1. The summed E-state index contributed by atoms with van der Waals surface area (Å²) in [7, 11) is 0. The first-order chi connectivity index (χ1) is 3.31. The van der Waals surface area contributed by atoms with Gasteiger partial charge in [0.2, 0.25) is 0 Å². The van der Waals surface area contributed by atoms with Crippen LogP contribution in [0.25, 0.3) is 0 Å². The summed E-state index contributed by atoms with van der Waals surface area (Å²) >= 11 is 0.722. The summed E-state index contributed by atoms with van der Waals surface area (Å²) in [5.74, 6) is -0.244. The van der Waals surface area contributed by atoms with Crippen molar-refractivity contribution in [1.82, 2.24) is 5.43 Å². The Morgan fingerprint density at radius 3 is 2.71 bits per heavy atom. The summed E-state index contributed by atoms with van der Waals surface area (Å²) in [6.45, 7) is 3.22. The van der Waals surface area contributed by atoms with E-state index in [1.54, 1.807) is 0 Å². The van der Waals surface area contributed by atoms with Crippen molar-refractivity contribution in [2.45, 2.75) is 0 Å². The molecule has 0 saturated heterocycles. The molecule has 1 N–H and O–H groups in total. The van der Waals surface area contributed by atoms with Crippen LogP contribution in [0.5, 0.6) is 0 Å². The molecule has 0 radical (unpaired) electrons. The third-order valence-corrected chi connectivity index (χ3v) is 0.706. The maximum atomic E-state index is 10.1. The monoisotopic (exact) mass is 148 g/mol. The molecule has 0 aliphatic rings. The number of rotatable bonds is 2. The van der Waals surface area contributed by atoms with Crippen molar-refractivity contribution < 1.29 is 22.9 Å². The van der Waals surface area contributed by atoms with E-state index in [-0.39, 0.29) is 5.91 Å². The third-order valence-electron chi connectivity index (χ3n) is 0.375. The summed E-state index contributed by atoms with van der Waals surface area (Å²) in [4.78, 5) is 10.1. The molecule has 1 amide bonds. The predicted octanol–water partition coefficient (Wildman–Crippen LogP) is -0.0660. The number of nitrogens with one attached hydrogen (secondary N) is 1. The van der Waals surface area contributed by atoms with Crippen LogP contribution in [0.1, 0.15) is 0 Å². The fourth-order valence-electron chi connectivity index (χ4n) is 0.124. The molecule has 0 aliphatic carbocycles. The van der Waals surface area contributed by atoms with E-state index in [9.17, 15) is 4.79 Å². The van der Waals surface area contributed by atoms with Crippen LogP contribution < -0.4 is 5.43 Å². The van der Waals surface area contributed by atoms with E-state index >= 15 is 0 Å². The standard InChI is InChI=1S/C3H4N2O.Zn/c1-2-3(6)5-4;/h2H,1H2,(H,5,6);. The van der Waals surface area contributed by atoms with Crippen molar-refractivity contribution in [2.75, 3.05) is 0 Å². The summed E-state index contributed by atoms with van der Waals surface area (Å²) in [6, 6.07) is 0. The number of carbonyl (C=O) groups excluding carboxylic acids is 1. The first-order valence-electron chi connectivity index (χ1n) is 1.69. The summed E-state index contributed by atoms with van der Waals surface area (Å²) in [5, 5.41) is 0. The molecule has 0 unspecified atom stereocenters. The van der Waals surface area contributed by atoms with Gasteiger partial charge in [0, 0.05) is 0 Å². The number of amides is 1. The number of nitrogens with zero attached hydrogens (tertiary/aromatic N) is 1. The van der Waals surface area contributed by atoms with Gasteiger partial charge in [0.1, 0.15) is 0 Å². The number of hydrogen-bond donors (Lipinski definition) is 1. The van der Waals surface area contributed by atoms with Crippen LogP contribution in [0, 0.1) is 0 Å². The van der Waals surface area contributed by atoms with Gasteiger partial charge in [-0.3, -0.25) is 0 Å². The average Bonchev–Trinajstić information content (AvgIpc) is 1.68. The molecule has 0 bridgehead atoms. The fourth-order valence-corrected chi connectivity index (χ4v) is 0.451. The van der Waals surface area contributed by atoms with E-state index in [1.165, 1.54) is 6.08 Å². The van der Waals surface area contributed by atoms with Gasteiger partial charge in [-0.2, -0.15) is 0 Å². The van der Waals surface area contributed by atoms with Gasteiger partial charge in [-0.15, -0.1) is 0 Å². The molecule has 0 aromatic carbocycles. The van der Waals surface area contributed by atoms with Crippen LogP contribution in [-0.4, -0.2) is 5.91 Å². The second kappa shape index (κ2) is 3.81. The normalized spacial score (nSPS) is 7.14. The van der Waals surface area contributed by atoms with Crippen molar-refractivity contribution in [2.24, 2.45) is 3.79 Å².